The number of ether oxygens (including phenoxy) is 1. The molecular formula is C20H34N4O4. The third kappa shape index (κ3) is 5.67. The second kappa shape index (κ2) is 9.69. The van der Waals surface area contributed by atoms with E-state index in [1.54, 1.807) is 6.92 Å². The molecule has 0 aromatic carbocycles. The fourth-order valence-electron chi connectivity index (χ4n) is 4.06. The predicted octanol–water partition coefficient (Wildman–Crippen LogP) is 0.0728. The van der Waals surface area contributed by atoms with E-state index in [2.05, 4.69) is 15.1 Å². The van der Waals surface area contributed by atoms with Crippen molar-refractivity contribution in [1.29, 1.82) is 0 Å². The third-order valence-corrected chi connectivity index (χ3v) is 5.97. The lowest BCUT2D eigenvalue weighted by molar-refractivity contribution is -0.152. The van der Waals surface area contributed by atoms with E-state index in [0.29, 0.717) is 32.3 Å². The summed E-state index contributed by atoms with van der Waals surface area (Å²) >= 11 is 0. The zero-order valence-electron chi connectivity index (χ0n) is 17.2. The fourth-order valence-corrected chi connectivity index (χ4v) is 4.06. The van der Waals surface area contributed by atoms with Gasteiger partial charge in [0.2, 0.25) is 11.8 Å². The average molecular weight is 395 g/mol. The molecule has 2 aliphatic heterocycles. The number of amides is 2. The number of carbonyl (C=O) groups excluding carboxylic acids is 3. The fraction of sp³-hybridized carbons (Fsp3) is 0.850. The van der Waals surface area contributed by atoms with Crippen LogP contribution in [0.15, 0.2) is 0 Å². The lowest BCUT2D eigenvalue weighted by Gasteiger charge is -2.40. The molecule has 3 fully saturated rings. The maximum atomic E-state index is 13.0. The minimum atomic E-state index is -0.205. The van der Waals surface area contributed by atoms with Crippen LogP contribution in [-0.2, 0) is 19.1 Å². The van der Waals surface area contributed by atoms with E-state index in [9.17, 15) is 14.4 Å². The predicted molar refractivity (Wildman–Crippen MR) is 105 cm³/mol. The molecule has 0 spiro atoms. The number of hydrogen-bond donors (Lipinski definition) is 1. The van der Waals surface area contributed by atoms with Gasteiger partial charge in [0.05, 0.1) is 25.1 Å². The molecule has 0 radical (unpaired) electrons. The molecule has 1 N–H and O–H groups in total. The van der Waals surface area contributed by atoms with Gasteiger partial charge >= 0.3 is 5.97 Å². The number of carbonyl (C=O) groups is 3. The lowest BCUT2D eigenvalue weighted by atomic mass is 9.97. The van der Waals surface area contributed by atoms with Crippen molar-refractivity contribution in [3.05, 3.63) is 0 Å². The summed E-state index contributed by atoms with van der Waals surface area (Å²) in [6.07, 6.45) is 3.84. The molecule has 8 heteroatoms. The maximum absolute atomic E-state index is 13.0. The number of rotatable bonds is 7. The first kappa shape index (κ1) is 21.0. The minimum Gasteiger partial charge on any atom is -0.466 e. The minimum absolute atomic E-state index is 0.0916. The number of likely N-dealkylation sites (tertiary alicyclic amines) is 1. The van der Waals surface area contributed by atoms with Crippen molar-refractivity contribution < 1.29 is 19.1 Å². The van der Waals surface area contributed by atoms with Gasteiger partial charge in [-0.1, -0.05) is 0 Å². The Bertz CT molecular complexity index is 573. The highest BCUT2D eigenvalue weighted by atomic mass is 16.5. The van der Waals surface area contributed by atoms with Crippen LogP contribution in [0.1, 0.15) is 39.5 Å². The van der Waals surface area contributed by atoms with Crippen LogP contribution < -0.4 is 5.32 Å². The Hall–Kier alpha value is -1.67. The van der Waals surface area contributed by atoms with Gasteiger partial charge in [0, 0.05) is 45.3 Å². The summed E-state index contributed by atoms with van der Waals surface area (Å²) in [5, 5.41) is 3.03. The summed E-state index contributed by atoms with van der Waals surface area (Å²) in [4.78, 5) is 43.1. The molecule has 2 saturated heterocycles. The summed E-state index contributed by atoms with van der Waals surface area (Å²) in [7, 11) is 0. The molecule has 158 valence electrons. The Morgan fingerprint density at radius 3 is 2.43 bits per heavy atom. The molecule has 0 aromatic rings. The van der Waals surface area contributed by atoms with Gasteiger partial charge in [-0.3, -0.25) is 24.2 Å². The molecular weight excluding hydrogens is 360 g/mol. The van der Waals surface area contributed by atoms with E-state index in [0.717, 1.165) is 51.9 Å². The molecule has 2 unspecified atom stereocenters. The van der Waals surface area contributed by atoms with Gasteiger partial charge in [-0.25, -0.2) is 0 Å². The van der Waals surface area contributed by atoms with E-state index >= 15 is 0 Å². The summed E-state index contributed by atoms with van der Waals surface area (Å²) in [5.41, 5.74) is 0. The van der Waals surface area contributed by atoms with Gasteiger partial charge < -0.3 is 15.0 Å². The van der Waals surface area contributed by atoms with E-state index < -0.39 is 0 Å². The topological polar surface area (TPSA) is 82.2 Å². The highest BCUT2D eigenvalue weighted by molar-refractivity contribution is 5.83. The summed E-state index contributed by atoms with van der Waals surface area (Å²) < 4.78 is 5.13. The highest BCUT2D eigenvalue weighted by Crippen LogP contribution is 2.20. The Labute approximate surface area is 167 Å². The molecule has 1 saturated carbocycles. The Morgan fingerprint density at radius 1 is 1.07 bits per heavy atom. The Balaban J connectivity index is 1.43. The second-order valence-corrected chi connectivity index (χ2v) is 8.21. The van der Waals surface area contributed by atoms with Gasteiger partial charge in [-0.2, -0.15) is 0 Å². The smallest absolute Gasteiger partial charge is 0.310 e. The molecule has 28 heavy (non-hydrogen) atoms. The largest absolute Gasteiger partial charge is 0.466 e. The number of nitrogens with one attached hydrogen (secondary N) is 1. The number of piperidine rings is 1. The lowest BCUT2D eigenvalue weighted by Crippen LogP contribution is -2.56. The van der Waals surface area contributed by atoms with E-state index in [1.165, 1.54) is 0 Å². The molecule has 0 aromatic heterocycles. The summed E-state index contributed by atoms with van der Waals surface area (Å²) in [6, 6.07) is 0.192. The van der Waals surface area contributed by atoms with Gasteiger partial charge in [0.25, 0.3) is 0 Å². The van der Waals surface area contributed by atoms with Crippen LogP contribution in [0.2, 0.25) is 0 Å². The van der Waals surface area contributed by atoms with Crippen molar-refractivity contribution in [2.45, 2.75) is 51.6 Å². The molecule has 1 aliphatic carbocycles. The van der Waals surface area contributed by atoms with Gasteiger partial charge in [-0.05, 0) is 39.5 Å². The van der Waals surface area contributed by atoms with Crippen LogP contribution >= 0.6 is 0 Å². The Kier molecular flexibility index (Phi) is 7.29. The highest BCUT2D eigenvalue weighted by Gasteiger charge is 2.34. The molecule has 3 aliphatic rings. The van der Waals surface area contributed by atoms with Crippen LogP contribution in [0.5, 0.6) is 0 Å². The van der Waals surface area contributed by atoms with Crippen molar-refractivity contribution >= 4 is 17.8 Å². The average Bonchev–Trinajstić information content (AvgIpc) is 3.51. The van der Waals surface area contributed by atoms with Gasteiger partial charge in [0.15, 0.2) is 0 Å². The van der Waals surface area contributed by atoms with Crippen LogP contribution in [0, 0.1) is 5.92 Å². The first-order chi connectivity index (χ1) is 13.5. The first-order valence-corrected chi connectivity index (χ1v) is 10.7. The van der Waals surface area contributed by atoms with Crippen molar-refractivity contribution in [3.8, 4) is 0 Å². The van der Waals surface area contributed by atoms with Crippen molar-refractivity contribution in [2.24, 2.45) is 5.92 Å². The molecule has 2 heterocycles. The zero-order valence-corrected chi connectivity index (χ0v) is 17.2. The van der Waals surface area contributed by atoms with E-state index in [-0.39, 0.29) is 29.7 Å². The quantitative estimate of drug-likeness (QED) is 0.616. The maximum Gasteiger partial charge on any atom is 0.310 e. The summed E-state index contributed by atoms with van der Waals surface area (Å²) in [5.74, 6) is -0.190. The second-order valence-electron chi connectivity index (χ2n) is 8.21. The number of piperazine rings is 1. The molecule has 2 atom stereocenters. The Morgan fingerprint density at radius 2 is 1.79 bits per heavy atom. The summed E-state index contributed by atoms with van der Waals surface area (Å²) in [6.45, 7) is 8.89. The van der Waals surface area contributed by atoms with E-state index in [4.69, 9.17) is 4.74 Å². The van der Waals surface area contributed by atoms with Crippen LogP contribution in [0.3, 0.4) is 0 Å². The SMILES string of the molecule is CCOC(=O)C1CCCN(C(=O)C(C)N2CCN(CC(=O)NC3CC3)CC2)C1. The van der Waals surface area contributed by atoms with Crippen LogP contribution in [0.25, 0.3) is 0 Å². The van der Waals surface area contributed by atoms with Gasteiger partial charge in [0.1, 0.15) is 0 Å². The van der Waals surface area contributed by atoms with Crippen molar-refractivity contribution in [3.63, 3.8) is 0 Å². The third-order valence-electron chi connectivity index (χ3n) is 5.97. The van der Waals surface area contributed by atoms with Crippen LogP contribution in [0.4, 0.5) is 0 Å². The van der Waals surface area contributed by atoms with Crippen LogP contribution in [-0.4, -0.2) is 97.0 Å². The monoisotopic (exact) mass is 394 g/mol. The molecule has 2 amide bonds. The first-order valence-electron chi connectivity index (χ1n) is 10.7. The number of hydrogen-bond acceptors (Lipinski definition) is 6. The van der Waals surface area contributed by atoms with E-state index in [1.807, 2.05) is 11.8 Å². The number of nitrogens with zero attached hydrogens (tertiary/aromatic N) is 3. The van der Waals surface area contributed by atoms with Crippen molar-refractivity contribution in [2.75, 3.05) is 52.4 Å². The standard InChI is InChI=1S/C20H34N4O4/c1-3-28-20(27)16-5-4-8-24(13-16)19(26)15(2)23-11-9-22(10-12-23)14-18(25)21-17-6-7-17/h15-17H,3-14H2,1-2H3,(H,21,25). The molecule has 8 nitrogen and oxygen atoms in total. The van der Waals surface area contributed by atoms with Crippen molar-refractivity contribution in [1.82, 2.24) is 20.0 Å². The number of esters is 1. The molecule has 3 rings (SSSR count). The zero-order chi connectivity index (χ0) is 20.1. The molecule has 0 bridgehead atoms. The normalized spacial score (nSPS) is 25.2. The van der Waals surface area contributed by atoms with Gasteiger partial charge in [-0.15, -0.1) is 0 Å².